The van der Waals surface area contributed by atoms with E-state index in [4.69, 9.17) is 9.97 Å². The first kappa shape index (κ1) is 49.1. The van der Waals surface area contributed by atoms with Gasteiger partial charge in [0, 0.05) is 93.1 Å². The van der Waals surface area contributed by atoms with E-state index in [9.17, 15) is 19.2 Å². The SMILES string of the molecule is CC(C)n1cnc2cc(-c3ccc4c(c3)N(C3CC(N5CCCCC5)C3)C(=O)C43CCN(C(=O)C4CCN(C(=O)C5CCN(c6ccc(C7CCC(=O)NC7=O)nc6)CC5)CC4)CC3)nc(Nc3ccncc3F)c21. The molecule has 5 aromatic rings. The normalized spacial score (nSPS) is 23.7. The number of carbonyl (C=O) groups excluding carboxylic acids is 5. The van der Waals surface area contributed by atoms with Crippen molar-refractivity contribution in [2.24, 2.45) is 11.8 Å². The number of aromatic nitrogens is 5. The summed E-state index contributed by atoms with van der Waals surface area (Å²) < 4.78 is 17.1. The number of anilines is 4. The topological polar surface area (TPSA) is 182 Å². The van der Waals surface area contributed by atoms with Crippen molar-refractivity contribution in [1.29, 1.82) is 0 Å². The molecule has 10 heterocycles. The van der Waals surface area contributed by atoms with Gasteiger partial charge in [0.05, 0.1) is 58.3 Å². The van der Waals surface area contributed by atoms with E-state index in [1.54, 1.807) is 24.8 Å². The number of piperidine rings is 5. The van der Waals surface area contributed by atoms with Crippen LogP contribution in [0.1, 0.15) is 121 Å². The molecule has 1 saturated carbocycles. The Morgan fingerprint density at radius 2 is 1.51 bits per heavy atom. The molecule has 18 heteroatoms. The highest BCUT2D eigenvalue weighted by Crippen LogP contribution is 2.52. The Balaban J connectivity index is 0.712. The zero-order chi connectivity index (χ0) is 51.5. The third kappa shape index (κ3) is 9.09. The number of halogens is 1. The van der Waals surface area contributed by atoms with Crippen LogP contribution in [0.25, 0.3) is 22.3 Å². The lowest BCUT2D eigenvalue weighted by molar-refractivity contribution is -0.144. The van der Waals surface area contributed by atoms with Crippen LogP contribution in [0.15, 0.2) is 67.4 Å². The van der Waals surface area contributed by atoms with Gasteiger partial charge in [-0.1, -0.05) is 18.6 Å². The smallest absolute Gasteiger partial charge is 0.238 e. The first-order chi connectivity index (χ1) is 36.4. The number of nitrogens with one attached hydrogen (secondary N) is 2. The van der Waals surface area contributed by atoms with Gasteiger partial charge < -0.3 is 34.4 Å². The van der Waals surface area contributed by atoms with Crippen molar-refractivity contribution in [3.8, 4) is 11.3 Å². The molecule has 5 saturated heterocycles. The summed E-state index contributed by atoms with van der Waals surface area (Å²) in [5, 5.41) is 5.65. The van der Waals surface area contributed by atoms with Crippen molar-refractivity contribution >= 4 is 63.4 Å². The van der Waals surface area contributed by atoms with Crippen LogP contribution in [0.2, 0.25) is 0 Å². The van der Waals surface area contributed by atoms with Gasteiger partial charge in [-0.3, -0.25) is 39.3 Å². The van der Waals surface area contributed by atoms with Gasteiger partial charge in [-0.15, -0.1) is 0 Å². The Hall–Kier alpha value is -6.82. The van der Waals surface area contributed by atoms with E-state index in [2.05, 4.69) is 67.3 Å². The summed E-state index contributed by atoms with van der Waals surface area (Å²) in [6, 6.07) is 14.3. The number of imide groups is 1. The van der Waals surface area contributed by atoms with Gasteiger partial charge in [0.15, 0.2) is 11.6 Å². The molecule has 6 fully saturated rings. The second-order valence-corrected chi connectivity index (χ2v) is 22.4. The predicted molar refractivity (Wildman–Crippen MR) is 282 cm³/mol. The van der Waals surface area contributed by atoms with Crippen LogP contribution in [0.4, 0.5) is 27.3 Å². The van der Waals surface area contributed by atoms with E-state index in [0.29, 0.717) is 88.0 Å². The van der Waals surface area contributed by atoms with Gasteiger partial charge >= 0.3 is 0 Å². The monoisotopic (exact) mass is 1020 g/mol. The quantitative estimate of drug-likeness (QED) is 0.134. The molecule has 7 aliphatic rings. The predicted octanol–water partition coefficient (Wildman–Crippen LogP) is 7.25. The molecule has 4 aromatic heterocycles. The fraction of sp³-hybridized carbons (Fsp3) is 0.526. The van der Waals surface area contributed by atoms with Crippen LogP contribution in [-0.2, 0) is 29.4 Å². The van der Waals surface area contributed by atoms with Crippen LogP contribution < -0.4 is 20.4 Å². The van der Waals surface area contributed by atoms with E-state index < -0.39 is 17.2 Å². The number of pyridine rings is 3. The molecule has 5 amide bonds. The van der Waals surface area contributed by atoms with Gasteiger partial charge in [0.1, 0.15) is 5.52 Å². The average molecular weight is 1020 g/mol. The molecule has 1 atom stereocenters. The zero-order valence-electron chi connectivity index (χ0n) is 43.1. The molecule has 2 N–H and O–H groups in total. The summed E-state index contributed by atoms with van der Waals surface area (Å²) in [5.41, 5.74) is 6.05. The zero-order valence-corrected chi connectivity index (χ0v) is 43.1. The van der Waals surface area contributed by atoms with Crippen molar-refractivity contribution in [3.05, 3.63) is 84.5 Å². The second-order valence-electron chi connectivity index (χ2n) is 22.4. The first-order valence-electron chi connectivity index (χ1n) is 27.5. The third-order valence-electron chi connectivity index (χ3n) is 17.9. The molecule has 1 unspecified atom stereocenters. The minimum absolute atomic E-state index is 0.0742. The van der Waals surface area contributed by atoms with Gasteiger partial charge in [-0.05, 0) is 133 Å². The minimum Gasteiger partial charge on any atom is -0.370 e. The number of amides is 5. The molecule has 392 valence electrons. The Morgan fingerprint density at radius 3 is 2.19 bits per heavy atom. The summed E-state index contributed by atoms with van der Waals surface area (Å²) in [5.74, 6) is -0.792. The van der Waals surface area contributed by atoms with Gasteiger partial charge in [-0.2, -0.15) is 0 Å². The number of carbonyl (C=O) groups is 5. The molecular weight excluding hydrogens is 952 g/mol. The molecule has 12 rings (SSSR count). The molecule has 6 aliphatic heterocycles. The van der Waals surface area contributed by atoms with Crippen molar-refractivity contribution in [2.45, 2.75) is 127 Å². The number of rotatable bonds is 10. The lowest BCUT2D eigenvalue weighted by Crippen LogP contribution is -2.58. The number of hydrogen-bond donors (Lipinski definition) is 2. The Morgan fingerprint density at radius 1 is 0.787 bits per heavy atom. The van der Waals surface area contributed by atoms with Gasteiger partial charge in [0.25, 0.3) is 0 Å². The number of hydrogen-bond acceptors (Lipinski definition) is 12. The molecule has 1 spiro atoms. The number of benzene rings is 1. The highest BCUT2D eigenvalue weighted by atomic mass is 19.1. The van der Waals surface area contributed by atoms with E-state index in [-0.39, 0.29) is 59.1 Å². The van der Waals surface area contributed by atoms with Crippen LogP contribution >= 0.6 is 0 Å². The van der Waals surface area contributed by atoms with Gasteiger partial charge in [0.2, 0.25) is 29.5 Å². The maximum absolute atomic E-state index is 15.3. The Labute approximate surface area is 436 Å². The minimum atomic E-state index is -0.749. The molecule has 75 heavy (non-hydrogen) atoms. The van der Waals surface area contributed by atoms with Crippen molar-refractivity contribution < 1.29 is 28.4 Å². The van der Waals surface area contributed by atoms with Crippen molar-refractivity contribution in [1.82, 2.24) is 44.5 Å². The van der Waals surface area contributed by atoms with Crippen LogP contribution in [0.5, 0.6) is 0 Å². The second kappa shape index (κ2) is 20.0. The standard InChI is InChI=1S/C57H67FN12O5/c1-35(2)69-34-61-48-31-47(63-52(51(48)69)62-46-12-19-59-33-44(46)58)38-6-9-43-49(28-38)70(41-29-40(30-41)65-20-4-3-5-21-65)56(75)57(43)17-26-68(27-18-57)55(74)37-15-24-67(25-16-37)54(73)36-13-22-66(23-14-36)39-7-10-45(60-32-39)42-8-11-50(71)64-53(42)72/h6-7,9-10,12,19,28,31-37,40-42H,3-5,8,11,13-18,20-27,29-30H2,1-2H3,(H,59,62,63)(H,64,71,72). The molecule has 0 radical (unpaired) electrons. The third-order valence-corrected chi connectivity index (χ3v) is 17.9. The summed E-state index contributed by atoms with van der Waals surface area (Å²) >= 11 is 0. The molecule has 1 aromatic carbocycles. The highest BCUT2D eigenvalue weighted by Gasteiger charge is 2.56. The average Bonchev–Trinajstić information content (AvgIpc) is 3.96. The molecule has 0 bridgehead atoms. The Kier molecular flexibility index (Phi) is 13.1. The number of likely N-dealkylation sites (tertiary alicyclic amines) is 3. The largest absolute Gasteiger partial charge is 0.370 e. The molecular formula is C57H67FN12O5. The van der Waals surface area contributed by atoms with Crippen molar-refractivity contribution in [2.75, 3.05) is 67.5 Å². The number of fused-ring (bicyclic) bond motifs is 3. The van der Waals surface area contributed by atoms with Gasteiger partial charge in [-0.25, -0.2) is 14.4 Å². The number of nitrogens with zero attached hydrogens (tertiary/aromatic N) is 10. The number of imidazole rings is 1. The fourth-order valence-corrected chi connectivity index (χ4v) is 13.4. The van der Waals surface area contributed by atoms with Crippen molar-refractivity contribution in [3.63, 3.8) is 0 Å². The highest BCUT2D eigenvalue weighted by molar-refractivity contribution is 6.09. The summed E-state index contributed by atoms with van der Waals surface area (Å²) in [6.07, 6.45) is 16.4. The van der Waals surface area contributed by atoms with Crippen LogP contribution in [0.3, 0.4) is 0 Å². The van der Waals surface area contributed by atoms with E-state index >= 15 is 9.18 Å². The maximum atomic E-state index is 15.3. The lowest BCUT2D eigenvalue weighted by Gasteiger charge is -2.48. The summed E-state index contributed by atoms with van der Waals surface area (Å²) in [7, 11) is 0. The lowest BCUT2D eigenvalue weighted by atomic mass is 9.73. The van der Waals surface area contributed by atoms with E-state index in [1.165, 1.54) is 25.5 Å². The first-order valence-corrected chi connectivity index (χ1v) is 27.5. The van der Waals surface area contributed by atoms with Crippen LogP contribution in [-0.4, -0.2) is 133 Å². The Bertz CT molecular complexity index is 3020. The van der Waals surface area contributed by atoms with E-state index in [1.807, 2.05) is 32.6 Å². The van der Waals surface area contributed by atoms with E-state index in [0.717, 1.165) is 85.4 Å². The summed E-state index contributed by atoms with van der Waals surface area (Å²) in [4.78, 5) is 96.8. The van der Waals surface area contributed by atoms with Crippen LogP contribution in [0, 0.1) is 17.7 Å². The molecule has 17 nitrogen and oxygen atoms in total. The molecule has 1 aliphatic carbocycles. The fourth-order valence-electron chi connectivity index (χ4n) is 13.4. The maximum Gasteiger partial charge on any atom is 0.238 e. The summed E-state index contributed by atoms with van der Waals surface area (Å²) in [6.45, 7) is 9.91.